The van der Waals surface area contributed by atoms with Gasteiger partial charge in [-0.2, -0.15) is 5.10 Å². The lowest BCUT2D eigenvalue weighted by Crippen LogP contribution is -2.27. The van der Waals surface area contributed by atoms with Crippen molar-refractivity contribution in [3.05, 3.63) is 90.0 Å². The molecule has 0 aliphatic rings. The number of amides is 1. The predicted molar refractivity (Wildman–Crippen MR) is 110 cm³/mol. The summed E-state index contributed by atoms with van der Waals surface area (Å²) in [5.41, 5.74) is 3.91. The Morgan fingerprint density at radius 1 is 1.07 bits per heavy atom. The quantitative estimate of drug-likeness (QED) is 0.540. The number of carbonyl (C=O) groups excluding carboxylic acids is 1. The lowest BCUT2D eigenvalue weighted by molar-refractivity contribution is 0.0948. The Balaban J connectivity index is 1.59. The summed E-state index contributed by atoms with van der Waals surface area (Å²) < 4.78 is 20.2. The van der Waals surface area contributed by atoms with Gasteiger partial charge in [-0.3, -0.25) is 4.79 Å². The number of hydrogen-bond acceptors (Lipinski definition) is 3. The lowest BCUT2D eigenvalue weighted by atomic mass is 10.0. The minimum absolute atomic E-state index is 0.265. The predicted octanol–water partition coefficient (Wildman–Crippen LogP) is 4.12. The van der Waals surface area contributed by atoms with Crippen LogP contribution in [0.3, 0.4) is 0 Å². The summed E-state index contributed by atoms with van der Waals surface area (Å²) in [6.07, 6.45) is 2.42. The third-order valence-electron chi connectivity index (χ3n) is 4.74. The second-order valence-corrected chi connectivity index (χ2v) is 6.61. The number of ether oxygens (including phenoxy) is 1. The third-order valence-corrected chi connectivity index (χ3v) is 4.74. The van der Waals surface area contributed by atoms with Crippen molar-refractivity contribution in [2.24, 2.45) is 0 Å². The average molecular weight is 389 g/mol. The summed E-state index contributed by atoms with van der Waals surface area (Å²) in [5.74, 6) is 0.189. The van der Waals surface area contributed by atoms with Crippen molar-refractivity contribution in [1.82, 2.24) is 14.9 Å². The third kappa shape index (κ3) is 3.96. The highest BCUT2D eigenvalue weighted by atomic mass is 19.1. The smallest absolute Gasteiger partial charge is 0.271 e. The number of benzene rings is 2. The van der Waals surface area contributed by atoms with E-state index in [0.717, 1.165) is 28.0 Å². The molecule has 0 saturated carbocycles. The van der Waals surface area contributed by atoms with E-state index in [9.17, 15) is 9.18 Å². The number of halogens is 1. The van der Waals surface area contributed by atoms with Crippen molar-refractivity contribution in [1.29, 1.82) is 0 Å². The Labute approximate surface area is 167 Å². The van der Waals surface area contributed by atoms with Gasteiger partial charge in [0.25, 0.3) is 5.91 Å². The molecular weight excluding hydrogens is 369 g/mol. The number of carbonyl (C=O) groups is 1. The van der Waals surface area contributed by atoms with E-state index in [2.05, 4.69) is 10.4 Å². The van der Waals surface area contributed by atoms with Crippen molar-refractivity contribution in [2.75, 3.05) is 13.7 Å². The fourth-order valence-corrected chi connectivity index (χ4v) is 3.28. The molecule has 1 amide bonds. The number of aromatic nitrogens is 2. The molecule has 146 valence electrons. The Bertz CT molecular complexity index is 1150. The van der Waals surface area contributed by atoms with E-state index in [0.29, 0.717) is 18.7 Å². The van der Waals surface area contributed by atoms with Gasteiger partial charge in [-0.25, -0.2) is 8.91 Å². The van der Waals surface area contributed by atoms with Crippen molar-refractivity contribution < 1.29 is 13.9 Å². The highest BCUT2D eigenvalue weighted by Crippen LogP contribution is 2.33. The summed E-state index contributed by atoms with van der Waals surface area (Å²) >= 11 is 0. The van der Waals surface area contributed by atoms with Crippen molar-refractivity contribution >= 4 is 11.4 Å². The van der Waals surface area contributed by atoms with Crippen LogP contribution in [0.1, 0.15) is 16.1 Å². The van der Waals surface area contributed by atoms with E-state index in [4.69, 9.17) is 4.74 Å². The minimum atomic E-state index is -0.272. The van der Waals surface area contributed by atoms with E-state index in [1.807, 2.05) is 42.6 Å². The number of nitrogens with one attached hydrogen (secondary N) is 1. The largest absolute Gasteiger partial charge is 0.496 e. The number of hydrogen-bond donors (Lipinski definition) is 1. The summed E-state index contributed by atoms with van der Waals surface area (Å²) in [6, 6.07) is 19.5. The SMILES string of the molecule is COc1ccccc1-c1cc(C(=O)NCCc2ccc(F)cc2)nn2cccc12. The molecule has 5 nitrogen and oxygen atoms in total. The van der Waals surface area contributed by atoms with Crippen molar-refractivity contribution in [3.8, 4) is 16.9 Å². The zero-order chi connectivity index (χ0) is 20.2. The maximum atomic E-state index is 13.0. The molecule has 2 aromatic carbocycles. The van der Waals surface area contributed by atoms with E-state index >= 15 is 0 Å². The van der Waals surface area contributed by atoms with Crippen LogP contribution in [-0.2, 0) is 6.42 Å². The fraction of sp³-hybridized carbons (Fsp3) is 0.130. The number of methoxy groups -OCH3 is 1. The molecule has 4 rings (SSSR count). The summed E-state index contributed by atoms with van der Waals surface area (Å²) in [7, 11) is 1.62. The van der Waals surface area contributed by atoms with Gasteiger partial charge in [0, 0.05) is 23.9 Å². The molecule has 0 fully saturated rings. The average Bonchev–Trinajstić information content (AvgIpc) is 3.23. The van der Waals surface area contributed by atoms with Gasteiger partial charge in [0.1, 0.15) is 17.3 Å². The lowest BCUT2D eigenvalue weighted by Gasteiger charge is -2.12. The number of para-hydroxylation sites is 1. The molecule has 2 heterocycles. The van der Waals surface area contributed by atoms with E-state index in [1.54, 1.807) is 29.8 Å². The number of rotatable bonds is 6. The van der Waals surface area contributed by atoms with Gasteiger partial charge in [-0.1, -0.05) is 30.3 Å². The van der Waals surface area contributed by atoms with Crippen LogP contribution in [0.4, 0.5) is 4.39 Å². The monoisotopic (exact) mass is 389 g/mol. The second-order valence-electron chi connectivity index (χ2n) is 6.61. The van der Waals surface area contributed by atoms with Gasteiger partial charge in [0.15, 0.2) is 0 Å². The molecule has 0 radical (unpaired) electrons. The van der Waals surface area contributed by atoms with E-state index < -0.39 is 0 Å². The van der Waals surface area contributed by atoms with E-state index in [-0.39, 0.29) is 11.7 Å². The molecule has 2 aromatic heterocycles. The summed E-state index contributed by atoms with van der Waals surface area (Å²) in [5, 5.41) is 7.31. The molecule has 6 heteroatoms. The maximum Gasteiger partial charge on any atom is 0.271 e. The molecule has 4 aromatic rings. The van der Waals surface area contributed by atoms with Gasteiger partial charge in [-0.15, -0.1) is 0 Å². The first-order chi connectivity index (χ1) is 14.2. The Hall–Kier alpha value is -3.67. The number of fused-ring (bicyclic) bond motifs is 1. The molecule has 0 saturated heterocycles. The first-order valence-electron chi connectivity index (χ1n) is 9.30. The van der Waals surface area contributed by atoms with Crippen LogP contribution >= 0.6 is 0 Å². The van der Waals surface area contributed by atoms with Crippen LogP contribution in [-0.4, -0.2) is 29.2 Å². The first-order valence-corrected chi connectivity index (χ1v) is 9.30. The maximum absolute atomic E-state index is 13.0. The highest BCUT2D eigenvalue weighted by Gasteiger charge is 2.15. The Morgan fingerprint density at radius 2 is 1.86 bits per heavy atom. The molecule has 29 heavy (non-hydrogen) atoms. The van der Waals surface area contributed by atoms with E-state index in [1.165, 1.54) is 12.1 Å². The van der Waals surface area contributed by atoms with Crippen molar-refractivity contribution in [2.45, 2.75) is 6.42 Å². The Kier molecular flexibility index (Phi) is 5.24. The van der Waals surface area contributed by atoms with Crippen LogP contribution in [0.2, 0.25) is 0 Å². The highest BCUT2D eigenvalue weighted by molar-refractivity contribution is 5.95. The first kappa shape index (κ1) is 18.7. The fourth-order valence-electron chi connectivity index (χ4n) is 3.28. The minimum Gasteiger partial charge on any atom is -0.496 e. The standard InChI is InChI=1S/C23H20FN3O2/c1-29-22-7-3-2-5-18(22)19-15-20(26-27-14-4-6-21(19)27)23(28)25-13-12-16-8-10-17(24)11-9-16/h2-11,14-15H,12-13H2,1H3,(H,25,28). The molecule has 0 bridgehead atoms. The molecule has 0 aliphatic heterocycles. The van der Waals surface area contributed by atoms with Gasteiger partial charge < -0.3 is 10.1 Å². The van der Waals surface area contributed by atoms with Crippen LogP contribution in [0, 0.1) is 5.82 Å². The van der Waals surface area contributed by atoms with Gasteiger partial charge in [-0.05, 0) is 48.4 Å². The molecule has 0 aliphatic carbocycles. The number of nitrogens with zero attached hydrogens (tertiary/aromatic N) is 2. The zero-order valence-corrected chi connectivity index (χ0v) is 15.9. The van der Waals surface area contributed by atoms with Crippen LogP contribution in [0.15, 0.2) is 72.9 Å². The molecule has 0 spiro atoms. The Morgan fingerprint density at radius 3 is 2.66 bits per heavy atom. The second kappa shape index (κ2) is 8.14. The summed E-state index contributed by atoms with van der Waals surface area (Å²) in [6.45, 7) is 0.430. The molecule has 0 unspecified atom stereocenters. The topological polar surface area (TPSA) is 55.6 Å². The normalized spacial score (nSPS) is 10.8. The molecule has 0 atom stereocenters. The van der Waals surface area contributed by atoms with Gasteiger partial charge in [0.05, 0.1) is 12.6 Å². The van der Waals surface area contributed by atoms with Crippen LogP contribution in [0.5, 0.6) is 5.75 Å². The van der Waals surface area contributed by atoms with Crippen molar-refractivity contribution in [3.63, 3.8) is 0 Å². The molecular formula is C23H20FN3O2. The van der Waals surface area contributed by atoms with Gasteiger partial charge in [0.2, 0.25) is 0 Å². The zero-order valence-electron chi connectivity index (χ0n) is 15.9. The summed E-state index contributed by atoms with van der Waals surface area (Å²) in [4.78, 5) is 12.7. The van der Waals surface area contributed by atoms with Crippen LogP contribution in [0.25, 0.3) is 16.6 Å². The molecule has 1 N–H and O–H groups in total. The van der Waals surface area contributed by atoms with Gasteiger partial charge >= 0.3 is 0 Å². The van der Waals surface area contributed by atoms with Crippen LogP contribution < -0.4 is 10.1 Å².